The van der Waals surface area contributed by atoms with Gasteiger partial charge in [-0.15, -0.1) is 11.3 Å². The molecule has 0 aliphatic carbocycles. The van der Waals surface area contributed by atoms with Crippen molar-refractivity contribution >= 4 is 11.3 Å². The molecule has 1 fully saturated rings. The van der Waals surface area contributed by atoms with E-state index in [0.717, 1.165) is 0 Å². The van der Waals surface area contributed by atoms with Crippen LogP contribution in [0.25, 0.3) is 0 Å². The van der Waals surface area contributed by atoms with E-state index in [1.165, 1.54) is 29.0 Å². The second-order valence-electron chi connectivity index (χ2n) is 5.69. The number of rotatable bonds is 4. The second kappa shape index (κ2) is 5.72. The van der Waals surface area contributed by atoms with Gasteiger partial charge in [-0.1, -0.05) is 6.92 Å². The first-order chi connectivity index (χ1) is 8.54. The van der Waals surface area contributed by atoms with E-state index in [2.05, 4.69) is 44.7 Å². The van der Waals surface area contributed by atoms with Gasteiger partial charge in [0.1, 0.15) is 0 Å². The minimum Gasteiger partial charge on any atom is -0.326 e. The van der Waals surface area contributed by atoms with Gasteiger partial charge in [0.25, 0.3) is 0 Å². The Morgan fingerprint density at radius 3 is 2.67 bits per heavy atom. The van der Waals surface area contributed by atoms with Crippen molar-refractivity contribution in [2.45, 2.75) is 71.1 Å². The van der Waals surface area contributed by atoms with Crippen LogP contribution in [0, 0.1) is 6.92 Å². The van der Waals surface area contributed by atoms with E-state index in [4.69, 9.17) is 5.73 Å². The van der Waals surface area contributed by atoms with Gasteiger partial charge in [0.2, 0.25) is 0 Å². The number of aryl methyl sites for hydroxylation is 1. The Kier molecular flexibility index (Phi) is 4.46. The van der Waals surface area contributed by atoms with Crippen LogP contribution in [0.2, 0.25) is 0 Å². The van der Waals surface area contributed by atoms with Gasteiger partial charge in [-0.05, 0) is 52.2 Å². The maximum absolute atomic E-state index is 6.30. The van der Waals surface area contributed by atoms with E-state index in [9.17, 15) is 0 Å². The third-order valence-corrected chi connectivity index (χ3v) is 5.26. The summed E-state index contributed by atoms with van der Waals surface area (Å²) in [6, 6.07) is 6.44. The summed E-state index contributed by atoms with van der Waals surface area (Å²) in [5, 5.41) is 0. The molecule has 1 aromatic rings. The summed E-state index contributed by atoms with van der Waals surface area (Å²) >= 11 is 1.90. The second-order valence-corrected chi connectivity index (χ2v) is 7.01. The molecule has 2 heterocycles. The quantitative estimate of drug-likeness (QED) is 0.900. The highest BCUT2D eigenvalue weighted by Crippen LogP contribution is 2.38. The van der Waals surface area contributed by atoms with Crippen LogP contribution in [0.1, 0.15) is 55.8 Å². The molecule has 0 aromatic carbocycles. The zero-order valence-electron chi connectivity index (χ0n) is 12.0. The van der Waals surface area contributed by atoms with E-state index in [1.807, 2.05) is 11.3 Å². The summed E-state index contributed by atoms with van der Waals surface area (Å²) in [7, 11) is 0. The molecule has 0 spiro atoms. The lowest BCUT2D eigenvalue weighted by molar-refractivity contribution is 0.119. The zero-order valence-corrected chi connectivity index (χ0v) is 12.8. The number of nitrogens with two attached hydrogens (primary N) is 1. The van der Waals surface area contributed by atoms with Gasteiger partial charge >= 0.3 is 0 Å². The molecule has 0 radical (unpaired) electrons. The van der Waals surface area contributed by atoms with Crippen LogP contribution >= 0.6 is 11.3 Å². The van der Waals surface area contributed by atoms with E-state index in [-0.39, 0.29) is 6.04 Å². The Morgan fingerprint density at radius 1 is 1.44 bits per heavy atom. The fraction of sp³-hybridized carbons (Fsp3) is 0.733. The SMILES string of the molecule is CCC1CCC(C)N1C(c1ccc(C)s1)C(C)N. The van der Waals surface area contributed by atoms with Crippen molar-refractivity contribution in [3.8, 4) is 0 Å². The highest BCUT2D eigenvalue weighted by molar-refractivity contribution is 7.12. The molecule has 0 amide bonds. The molecule has 102 valence electrons. The van der Waals surface area contributed by atoms with Crippen LogP contribution in [-0.2, 0) is 0 Å². The zero-order chi connectivity index (χ0) is 13.3. The number of hydrogen-bond donors (Lipinski definition) is 1. The molecule has 3 heteroatoms. The van der Waals surface area contributed by atoms with Crippen molar-refractivity contribution in [3.63, 3.8) is 0 Å². The van der Waals surface area contributed by atoms with Crippen molar-refractivity contribution in [1.29, 1.82) is 0 Å². The molecule has 2 N–H and O–H groups in total. The molecular weight excluding hydrogens is 240 g/mol. The van der Waals surface area contributed by atoms with Gasteiger partial charge in [-0.2, -0.15) is 0 Å². The van der Waals surface area contributed by atoms with Crippen LogP contribution in [0.4, 0.5) is 0 Å². The lowest BCUT2D eigenvalue weighted by Gasteiger charge is -2.37. The highest BCUT2D eigenvalue weighted by atomic mass is 32.1. The molecule has 4 atom stereocenters. The lowest BCUT2D eigenvalue weighted by Crippen LogP contribution is -2.44. The third kappa shape index (κ3) is 2.63. The topological polar surface area (TPSA) is 29.3 Å². The molecule has 1 saturated heterocycles. The highest BCUT2D eigenvalue weighted by Gasteiger charge is 2.37. The van der Waals surface area contributed by atoms with Crippen LogP contribution in [0.5, 0.6) is 0 Å². The van der Waals surface area contributed by atoms with Crippen LogP contribution < -0.4 is 5.73 Å². The third-order valence-electron chi connectivity index (χ3n) is 4.19. The molecule has 4 unspecified atom stereocenters. The van der Waals surface area contributed by atoms with Crippen LogP contribution in [-0.4, -0.2) is 23.0 Å². The van der Waals surface area contributed by atoms with Gasteiger partial charge in [0, 0.05) is 27.9 Å². The molecule has 1 aliphatic heterocycles. The fourth-order valence-corrected chi connectivity index (χ4v) is 4.40. The molecule has 0 bridgehead atoms. The average Bonchev–Trinajstić information content (AvgIpc) is 2.87. The first-order valence-corrected chi connectivity index (χ1v) is 7.95. The van der Waals surface area contributed by atoms with Gasteiger partial charge < -0.3 is 5.73 Å². The summed E-state index contributed by atoms with van der Waals surface area (Å²) in [6.45, 7) is 8.98. The Bertz CT molecular complexity index is 386. The summed E-state index contributed by atoms with van der Waals surface area (Å²) < 4.78 is 0. The summed E-state index contributed by atoms with van der Waals surface area (Å²) in [6.07, 6.45) is 3.87. The molecule has 0 saturated carbocycles. The van der Waals surface area contributed by atoms with Crippen molar-refractivity contribution in [2.75, 3.05) is 0 Å². The number of nitrogens with zero attached hydrogens (tertiary/aromatic N) is 1. The van der Waals surface area contributed by atoms with Crippen molar-refractivity contribution in [3.05, 3.63) is 21.9 Å². The Balaban J connectivity index is 2.29. The molecule has 1 aliphatic rings. The lowest BCUT2D eigenvalue weighted by atomic mass is 10.0. The number of thiophene rings is 1. The van der Waals surface area contributed by atoms with E-state index in [1.54, 1.807) is 0 Å². The number of likely N-dealkylation sites (tertiary alicyclic amines) is 1. The predicted octanol–water partition coefficient (Wildman–Crippen LogP) is 3.71. The summed E-state index contributed by atoms with van der Waals surface area (Å²) in [4.78, 5) is 5.50. The van der Waals surface area contributed by atoms with Crippen LogP contribution in [0.15, 0.2) is 12.1 Å². The number of hydrogen-bond acceptors (Lipinski definition) is 3. The minimum absolute atomic E-state index is 0.192. The van der Waals surface area contributed by atoms with Gasteiger partial charge in [-0.25, -0.2) is 0 Å². The minimum atomic E-state index is 0.192. The molecule has 18 heavy (non-hydrogen) atoms. The Hall–Kier alpha value is -0.380. The van der Waals surface area contributed by atoms with Gasteiger partial charge in [0.15, 0.2) is 0 Å². The Morgan fingerprint density at radius 2 is 2.17 bits per heavy atom. The van der Waals surface area contributed by atoms with Gasteiger partial charge in [-0.3, -0.25) is 4.90 Å². The van der Waals surface area contributed by atoms with Crippen molar-refractivity contribution in [2.24, 2.45) is 5.73 Å². The smallest absolute Gasteiger partial charge is 0.0595 e. The Labute approximate surface area is 115 Å². The van der Waals surface area contributed by atoms with Crippen molar-refractivity contribution < 1.29 is 0 Å². The maximum Gasteiger partial charge on any atom is 0.0595 e. The predicted molar refractivity (Wildman–Crippen MR) is 80.1 cm³/mol. The van der Waals surface area contributed by atoms with Crippen LogP contribution in [0.3, 0.4) is 0 Å². The standard InChI is InChI=1S/C15H26N2S/c1-5-13-8-6-10(2)17(13)15(12(4)16)14-9-7-11(3)18-14/h7,9-10,12-13,15H,5-6,8,16H2,1-4H3. The molecule has 1 aromatic heterocycles. The molecule has 2 nitrogen and oxygen atoms in total. The average molecular weight is 266 g/mol. The molecule has 2 rings (SSSR count). The molecular formula is C15H26N2S. The largest absolute Gasteiger partial charge is 0.326 e. The van der Waals surface area contributed by atoms with E-state index >= 15 is 0 Å². The van der Waals surface area contributed by atoms with Crippen molar-refractivity contribution in [1.82, 2.24) is 4.90 Å². The summed E-state index contributed by atoms with van der Waals surface area (Å²) in [5.74, 6) is 0. The monoisotopic (exact) mass is 266 g/mol. The van der Waals surface area contributed by atoms with E-state index < -0.39 is 0 Å². The fourth-order valence-electron chi connectivity index (χ4n) is 3.30. The first-order valence-electron chi connectivity index (χ1n) is 7.14. The normalized spacial score (nSPS) is 28.5. The first kappa shape index (κ1) is 14.0. The van der Waals surface area contributed by atoms with E-state index in [0.29, 0.717) is 18.1 Å². The maximum atomic E-state index is 6.30. The summed E-state index contributed by atoms with van der Waals surface area (Å²) in [5.41, 5.74) is 6.30. The van der Waals surface area contributed by atoms with Gasteiger partial charge in [0.05, 0.1) is 6.04 Å².